The fourth-order valence-corrected chi connectivity index (χ4v) is 1.92. The maximum absolute atomic E-state index is 9.20. The van der Waals surface area contributed by atoms with Crippen molar-refractivity contribution >= 4 is 11.6 Å². The highest BCUT2D eigenvalue weighted by atomic mass is 35.5. The van der Waals surface area contributed by atoms with Gasteiger partial charge in [-0.25, -0.2) is 4.98 Å². The summed E-state index contributed by atoms with van der Waals surface area (Å²) in [5.41, 5.74) is 2.11. The smallest absolute Gasteiger partial charge is 0.132 e. The monoisotopic (exact) mass is 211 g/mol. The highest BCUT2D eigenvalue weighted by Crippen LogP contribution is 2.48. The van der Waals surface area contributed by atoms with Crippen LogP contribution in [0.3, 0.4) is 0 Å². The van der Waals surface area contributed by atoms with E-state index in [0.29, 0.717) is 5.15 Å². The Kier molecular flexibility index (Phi) is 2.50. The number of halogens is 1. The van der Waals surface area contributed by atoms with Crippen molar-refractivity contribution < 1.29 is 5.11 Å². The molecule has 1 aromatic heterocycles. The van der Waals surface area contributed by atoms with Crippen molar-refractivity contribution in [3.05, 3.63) is 28.5 Å². The number of pyridine rings is 1. The van der Waals surface area contributed by atoms with Gasteiger partial charge in [0.25, 0.3) is 0 Å². The third kappa shape index (κ3) is 1.91. The average molecular weight is 212 g/mol. The fourth-order valence-electron chi connectivity index (χ4n) is 1.66. The molecule has 0 bridgehead atoms. The lowest BCUT2D eigenvalue weighted by Gasteiger charge is -2.12. The van der Waals surface area contributed by atoms with Crippen LogP contribution in [0.15, 0.2) is 12.1 Å². The first-order valence-electron chi connectivity index (χ1n) is 4.88. The lowest BCUT2D eigenvalue weighted by molar-refractivity contribution is 0.211. The molecule has 14 heavy (non-hydrogen) atoms. The Morgan fingerprint density at radius 3 is 2.71 bits per heavy atom. The quantitative estimate of drug-likeness (QED) is 0.779. The molecular formula is C11H14ClNO. The summed E-state index contributed by atoms with van der Waals surface area (Å²) in [6.45, 7) is 2.19. The molecule has 1 aliphatic rings. The van der Waals surface area contributed by atoms with Crippen LogP contribution in [0, 0.1) is 12.3 Å². The Morgan fingerprint density at radius 2 is 2.21 bits per heavy atom. The van der Waals surface area contributed by atoms with Gasteiger partial charge in [-0.1, -0.05) is 17.7 Å². The molecule has 76 valence electrons. The van der Waals surface area contributed by atoms with Crippen LogP contribution in [0.1, 0.15) is 24.1 Å². The van der Waals surface area contributed by atoms with Crippen molar-refractivity contribution in [3.63, 3.8) is 0 Å². The van der Waals surface area contributed by atoms with Gasteiger partial charge < -0.3 is 5.11 Å². The zero-order chi connectivity index (χ0) is 10.2. The van der Waals surface area contributed by atoms with Gasteiger partial charge in [0.15, 0.2) is 0 Å². The molecule has 1 saturated carbocycles. The van der Waals surface area contributed by atoms with E-state index in [1.54, 1.807) is 0 Å². The van der Waals surface area contributed by atoms with Gasteiger partial charge in [-0.15, -0.1) is 0 Å². The summed E-state index contributed by atoms with van der Waals surface area (Å²) >= 11 is 6.03. The van der Waals surface area contributed by atoms with Crippen molar-refractivity contribution in [2.75, 3.05) is 6.61 Å². The molecule has 0 aromatic carbocycles. The number of aliphatic hydroxyl groups excluding tert-OH is 1. The predicted molar refractivity (Wildman–Crippen MR) is 56.4 cm³/mol. The molecule has 1 fully saturated rings. The molecule has 0 atom stereocenters. The minimum absolute atomic E-state index is 0.112. The van der Waals surface area contributed by atoms with Gasteiger partial charge in [0, 0.05) is 12.3 Å². The van der Waals surface area contributed by atoms with Crippen LogP contribution in [-0.4, -0.2) is 16.7 Å². The lowest BCUT2D eigenvalue weighted by atomic mass is 9.98. The fraction of sp³-hybridized carbons (Fsp3) is 0.545. The number of nitrogens with zero attached hydrogens (tertiary/aromatic N) is 1. The van der Waals surface area contributed by atoms with Crippen LogP contribution in [0.5, 0.6) is 0 Å². The number of hydrogen-bond donors (Lipinski definition) is 1. The van der Waals surface area contributed by atoms with Gasteiger partial charge in [0.1, 0.15) is 5.15 Å². The Balaban J connectivity index is 2.17. The molecule has 0 radical (unpaired) electrons. The van der Waals surface area contributed by atoms with E-state index in [4.69, 9.17) is 11.6 Å². The normalized spacial score (nSPS) is 18.2. The maximum atomic E-state index is 9.20. The standard InChI is InChI=1S/C11H14ClNO/c1-8-2-3-9(10(12)13-8)6-11(7-14)4-5-11/h2-3,14H,4-7H2,1H3. The molecule has 2 nitrogen and oxygen atoms in total. The van der Waals surface area contributed by atoms with E-state index in [0.717, 1.165) is 30.5 Å². The summed E-state index contributed by atoms with van der Waals surface area (Å²) in [6, 6.07) is 3.98. The van der Waals surface area contributed by atoms with Crippen molar-refractivity contribution in [3.8, 4) is 0 Å². The minimum Gasteiger partial charge on any atom is -0.396 e. The van der Waals surface area contributed by atoms with E-state index in [9.17, 15) is 5.11 Å². The zero-order valence-electron chi connectivity index (χ0n) is 8.26. The second-order valence-electron chi connectivity index (χ2n) is 4.24. The maximum Gasteiger partial charge on any atom is 0.132 e. The SMILES string of the molecule is Cc1ccc(CC2(CO)CC2)c(Cl)n1. The molecule has 1 N–H and O–H groups in total. The predicted octanol–water partition coefficient (Wildman–Crippen LogP) is 2.36. The van der Waals surface area contributed by atoms with Gasteiger partial charge in [-0.3, -0.25) is 0 Å². The van der Waals surface area contributed by atoms with Gasteiger partial charge in [0.05, 0.1) is 0 Å². The Hall–Kier alpha value is -0.600. The molecular weight excluding hydrogens is 198 g/mol. The van der Waals surface area contributed by atoms with Gasteiger partial charge in [-0.05, 0) is 43.2 Å². The zero-order valence-corrected chi connectivity index (χ0v) is 9.01. The second kappa shape index (κ2) is 3.52. The summed E-state index contributed by atoms with van der Waals surface area (Å²) in [7, 11) is 0. The van der Waals surface area contributed by atoms with Crippen molar-refractivity contribution in [1.29, 1.82) is 0 Å². The van der Waals surface area contributed by atoms with Crippen molar-refractivity contribution in [1.82, 2.24) is 4.98 Å². The molecule has 1 aliphatic carbocycles. The van der Waals surface area contributed by atoms with Crippen LogP contribution < -0.4 is 0 Å². The van der Waals surface area contributed by atoms with E-state index < -0.39 is 0 Å². The molecule has 1 heterocycles. The topological polar surface area (TPSA) is 33.1 Å². The number of aromatic nitrogens is 1. The highest BCUT2D eigenvalue weighted by molar-refractivity contribution is 6.30. The Bertz CT molecular complexity index is 347. The average Bonchev–Trinajstić information content (AvgIpc) is 2.91. The van der Waals surface area contributed by atoms with Gasteiger partial charge in [0.2, 0.25) is 0 Å². The Labute approximate surface area is 88.9 Å². The van der Waals surface area contributed by atoms with Crippen LogP contribution in [0.4, 0.5) is 0 Å². The molecule has 0 aliphatic heterocycles. The molecule has 0 amide bonds. The summed E-state index contributed by atoms with van der Waals surface area (Å²) in [6.07, 6.45) is 3.07. The number of aryl methyl sites for hydroxylation is 1. The third-order valence-electron chi connectivity index (χ3n) is 2.92. The van der Waals surface area contributed by atoms with Crippen LogP contribution in [0.25, 0.3) is 0 Å². The first-order chi connectivity index (χ1) is 6.65. The molecule has 0 saturated heterocycles. The molecule has 1 aromatic rings. The number of rotatable bonds is 3. The largest absolute Gasteiger partial charge is 0.396 e. The summed E-state index contributed by atoms with van der Waals surface area (Å²) < 4.78 is 0. The van der Waals surface area contributed by atoms with Crippen LogP contribution >= 0.6 is 11.6 Å². The molecule has 0 unspecified atom stereocenters. The second-order valence-corrected chi connectivity index (χ2v) is 4.60. The third-order valence-corrected chi connectivity index (χ3v) is 3.25. The molecule has 2 rings (SSSR count). The van der Waals surface area contributed by atoms with Crippen LogP contribution in [-0.2, 0) is 6.42 Å². The summed E-state index contributed by atoms with van der Waals surface area (Å²) in [5.74, 6) is 0. The van der Waals surface area contributed by atoms with E-state index >= 15 is 0 Å². The van der Waals surface area contributed by atoms with E-state index in [2.05, 4.69) is 4.98 Å². The van der Waals surface area contributed by atoms with Gasteiger partial charge in [-0.2, -0.15) is 0 Å². The van der Waals surface area contributed by atoms with E-state index in [1.807, 2.05) is 19.1 Å². The summed E-state index contributed by atoms with van der Waals surface area (Å²) in [5, 5.41) is 9.79. The lowest BCUT2D eigenvalue weighted by Crippen LogP contribution is -2.10. The van der Waals surface area contributed by atoms with Gasteiger partial charge >= 0.3 is 0 Å². The first kappa shape index (κ1) is 9.94. The van der Waals surface area contributed by atoms with Crippen LogP contribution in [0.2, 0.25) is 5.15 Å². The Morgan fingerprint density at radius 1 is 1.50 bits per heavy atom. The number of aliphatic hydroxyl groups is 1. The van der Waals surface area contributed by atoms with Crippen molar-refractivity contribution in [2.45, 2.75) is 26.2 Å². The van der Waals surface area contributed by atoms with E-state index in [1.165, 1.54) is 0 Å². The number of hydrogen-bond acceptors (Lipinski definition) is 2. The van der Waals surface area contributed by atoms with Crippen molar-refractivity contribution in [2.24, 2.45) is 5.41 Å². The minimum atomic E-state index is 0.112. The highest BCUT2D eigenvalue weighted by Gasteiger charge is 2.42. The van der Waals surface area contributed by atoms with E-state index in [-0.39, 0.29) is 12.0 Å². The molecule has 3 heteroatoms. The first-order valence-corrected chi connectivity index (χ1v) is 5.26. The summed E-state index contributed by atoms with van der Waals surface area (Å²) in [4.78, 5) is 4.20. The molecule has 0 spiro atoms.